The summed E-state index contributed by atoms with van der Waals surface area (Å²) in [6.07, 6.45) is 0. The van der Waals surface area contributed by atoms with E-state index in [0.29, 0.717) is 17.1 Å². The van der Waals surface area contributed by atoms with Crippen molar-refractivity contribution in [2.45, 2.75) is 6.92 Å². The molecule has 0 spiro atoms. The molecule has 0 saturated carbocycles. The number of carbonyl (C=O) groups excluding carboxylic acids is 1. The Hall–Kier alpha value is -1.71. The minimum Gasteiger partial charge on any atom is -0.399 e. The van der Waals surface area contributed by atoms with Crippen LogP contribution in [0.2, 0.25) is 0 Å². The number of nitrogen functional groups attached to an aromatic ring is 2. The average Bonchev–Trinajstić information content (AvgIpc) is 1.94. The summed E-state index contributed by atoms with van der Waals surface area (Å²) in [6.45, 7) is 1.43. The van der Waals surface area contributed by atoms with E-state index in [-0.39, 0.29) is 5.91 Å². The smallest absolute Gasteiger partial charge is 0.221 e. The van der Waals surface area contributed by atoms with Gasteiger partial charge in [0.15, 0.2) is 0 Å². The largest absolute Gasteiger partial charge is 0.399 e. The highest BCUT2D eigenvalue weighted by Gasteiger charge is 1.99. The normalized spacial score (nSPS) is 9.42. The Bertz CT molecular complexity index is 309. The van der Waals surface area contributed by atoms with Crippen LogP contribution in [0.1, 0.15) is 6.92 Å². The molecule has 0 unspecified atom stereocenters. The lowest BCUT2D eigenvalue weighted by Gasteiger charge is -2.05. The number of hydrogen-bond acceptors (Lipinski definition) is 3. The quantitative estimate of drug-likeness (QED) is 0.538. The van der Waals surface area contributed by atoms with Crippen LogP contribution in [-0.4, -0.2) is 5.91 Å². The number of hydrogen-bond donors (Lipinski definition) is 3. The third-order valence-electron chi connectivity index (χ3n) is 1.39. The summed E-state index contributed by atoms with van der Waals surface area (Å²) < 4.78 is 0. The SMILES string of the molecule is CC(=O)Nc1ccc(N)cc1N. The summed E-state index contributed by atoms with van der Waals surface area (Å²) in [5.41, 5.74) is 12.7. The summed E-state index contributed by atoms with van der Waals surface area (Å²) in [4.78, 5) is 10.7. The Balaban J connectivity index is 2.93. The molecule has 4 heteroatoms. The maximum atomic E-state index is 10.7. The predicted octanol–water partition coefficient (Wildman–Crippen LogP) is 0.809. The van der Waals surface area contributed by atoms with Crippen LogP contribution in [-0.2, 0) is 4.79 Å². The molecule has 0 aliphatic rings. The van der Waals surface area contributed by atoms with E-state index in [1.165, 1.54) is 6.92 Å². The Morgan fingerprint density at radius 3 is 2.58 bits per heavy atom. The van der Waals surface area contributed by atoms with E-state index >= 15 is 0 Å². The van der Waals surface area contributed by atoms with Crippen molar-refractivity contribution in [3.63, 3.8) is 0 Å². The molecule has 4 nitrogen and oxygen atoms in total. The van der Waals surface area contributed by atoms with Crippen molar-refractivity contribution in [1.82, 2.24) is 0 Å². The molecule has 1 amide bonds. The molecule has 0 fully saturated rings. The fraction of sp³-hybridized carbons (Fsp3) is 0.125. The van der Waals surface area contributed by atoms with E-state index in [1.807, 2.05) is 0 Å². The summed E-state index contributed by atoms with van der Waals surface area (Å²) >= 11 is 0. The first-order valence-electron chi connectivity index (χ1n) is 3.52. The van der Waals surface area contributed by atoms with Gasteiger partial charge in [0.1, 0.15) is 0 Å². The number of benzene rings is 1. The Labute approximate surface area is 70.6 Å². The van der Waals surface area contributed by atoms with E-state index in [0.717, 1.165) is 0 Å². The third-order valence-corrected chi connectivity index (χ3v) is 1.39. The number of carbonyl (C=O) groups is 1. The zero-order chi connectivity index (χ0) is 9.14. The molecule has 5 N–H and O–H groups in total. The van der Waals surface area contributed by atoms with Gasteiger partial charge in [-0.05, 0) is 18.2 Å². The second-order valence-electron chi connectivity index (χ2n) is 2.53. The van der Waals surface area contributed by atoms with Crippen LogP contribution in [0.25, 0.3) is 0 Å². The van der Waals surface area contributed by atoms with Crippen molar-refractivity contribution in [1.29, 1.82) is 0 Å². The Kier molecular flexibility index (Phi) is 2.19. The van der Waals surface area contributed by atoms with E-state index in [9.17, 15) is 4.79 Å². The molecule has 0 radical (unpaired) electrons. The monoisotopic (exact) mass is 165 g/mol. The van der Waals surface area contributed by atoms with Crippen molar-refractivity contribution in [3.05, 3.63) is 18.2 Å². The van der Waals surface area contributed by atoms with Crippen LogP contribution in [0, 0.1) is 0 Å². The van der Waals surface area contributed by atoms with E-state index in [2.05, 4.69) is 5.32 Å². The first kappa shape index (κ1) is 8.39. The highest BCUT2D eigenvalue weighted by molar-refractivity contribution is 5.92. The molecule has 0 aliphatic carbocycles. The second kappa shape index (κ2) is 3.13. The minimum absolute atomic E-state index is 0.147. The highest BCUT2D eigenvalue weighted by Crippen LogP contribution is 2.20. The van der Waals surface area contributed by atoms with Gasteiger partial charge in [-0.1, -0.05) is 0 Å². The van der Waals surface area contributed by atoms with Crippen molar-refractivity contribution in [3.8, 4) is 0 Å². The van der Waals surface area contributed by atoms with Gasteiger partial charge in [-0.15, -0.1) is 0 Å². The van der Waals surface area contributed by atoms with Gasteiger partial charge in [0.25, 0.3) is 0 Å². The van der Waals surface area contributed by atoms with Gasteiger partial charge in [0, 0.05) is 12.6 Å². The Morgan fingerprint density at radius 2 is 2.08 bits per heavy atom. The molecule has 1 aromatic carbocycles. The molecule has 0 bridgehead atoms. The molecule has 12 heavy (non-hydrogen) atoms. The maximum Gasteiger partial charge on any atom is 0.221 e. The fourth-order valence-electron chi connectivity index (χ4n) is 0.885. The molecular weight excluding hydrogens is 154 g/mol. The first-order valence-corrected chi connectivity index (χ1v) is 3.52. The summed E-state index contributed by atoms with van der Waals surface area (Å²) in [7, 11) is 0. The zero-order valence-electron chi connectivity index (χ0n) is 6.79. The van der Waals surface area contributed by atoms with Gasteiger partial charge in [-0.3, -0.25) is 4.79 Å². The van der Waals surface area contributed by atoms with Crippen molar-refractivity contribution in [2.75, 3.05) is 16.8 Å². The molecule has 0 aromatic heterocycles. The van der Waals surface area contributed by atoms with Crippen molar-refractivity contribution < 1.29 is 4.79 Å². The molecule has 0 heterocycles. The molecule has 0 atom stereocenters. The second-order valence-corrected chi connectivity index (χ2v) is 2.53. The van der Waals surface area contributed by atoms with Gasteiger partial charge in [0.05, 0.1) is 11.4 Å². The molecule has 64 valence electrons. The van der Waals surface area contributed by atoms with Crippen LogP contribution >= 0.6 is 0 Å². The van der Waals surface area contributed by atoms with Crippen LogP contribution in [0.4, 0.5) is 17.1 Å². The minimum atomic E-state index is -0.147. The molecule has 0 aliphatic heterocycles. The van der Waals surface area contributed by atoms with Crippen LogP contribution in [0.5, 0.6) is 0 Å². The van der Waals surface area contributed by atoms with Gasteiger partial charge >= 0.3 is 0 Å². The zero-order valence-corrected chi connectivity index (χ0v) is 6.79. The number of nitrogens with two attached hydrogens (primary N) is 2. The molecule has 1 aromatic rings. The number of nitrogens with one attached hydrogen (secondary N) is 1. The van der Waals surface area contributed by atoms with Crippen molar-refractivity contribution >= 4 is 23.0 Å². The van der Waals surface area contributed by atoms with Gasteiger partial charge in [0.2, 0.25) is 5.91 Å². The number of amides is 1. The number of rotatable bonds is 1. The average molecular weight is 165 g/mol. The van der Waals surface area contributed by atoms with Gasteiger partial charge in [-0.2, -0.15) is 0 Å². The van der Waals surface area contributed by atoms with E-state index in [4.69, 9.17) is 11.5 Å². The Morgan fingerprint density at radius 1 is 1.42 bits per heavy atom. The fourth-order valence-corrected chi connectivity index (χ4v) is 0.885. The van der Waals surface area contributed by atoms with Crippen LogP contribution < -0.4 is 16.8 Å². The lowest BCUT2D eigenvalue weighted by atomic mass is 10.2. The summed E-state index contributed by atoms with van der Waals surface area (Å²) in [5.74, 6) is -0.147. The van der Waals surface area contributed by atoms with Gasteiger partial charge < -0.3 is 16.8 Å². The molecule has 0 saturated heterocycles. The molecular formula is C8H11N3O. The van der Waals surface area contributed by atoms with Gasteiger partial charge in [-0.25, -0.2) is 0 Å². The maximum absolute atomic E-state index is 10.7. The van der Waals surface area contributed by atoms with Crippen LogP contribution in [0.3, 0.4) is 0 Å². The van der Waals surface area contributed by atoms with E-state index in [1.54, 1.807) is 18.2 Å². The lowest BCUT2D eigenvalue weighted by molar-refractivity contribution is -0.114. The lowest BCUT2D eigenvalue weighted by Crippen LogP contribution is -2.08. The van der Waals surface area contributed by atoms with Crippen molar-refractivity contribution in [2.24, 2.45) is 0 Å². The highest BCUT2D eigenvalue weighted by atomic mass is 16.1. The predicted molar refractivity (Wildman–Crippen MR) is 49.6 cm³/mol. The molecule has 1 rings (SSSR count). The first-order chi connectivity index (χ1) is 5.59. The third kappa shape index (κ3) is 1.88. The van der Waals surface area contributed by atoms with Crippen LogP contribution in [0.15, 0.2) is 18.2 Å². The summed E-state index contributed by atoms with van der Waals surface area (Å²) in [5, 5.41) is 2.58. The van der Waals surface area contributed by atoms with E-state index < -0.39 is 0 Å². The standard InChI is InChI=1S/C8H11N3O/c1-5(12)11-8-3-2-6(9)4-7(8)10/h2-4H,9-10H2,1H3,(H,11,12). The number of anilines is 3. The topological polar surface area (TPSA) is 81.1 Å². The summed E-state index contributed by atoms with van der Waals surface area (Å²) in [6, 6.07) is 4.96.